The Morgan fingerprint density at radius 2 is 1.82 bits per heavy atom. The second-order valence-electron chi connectivity index (χ2n) is 5.44. The number of aliphatic imine (C=N–C) groups is 1. The maximum atomic E-state index is 4.49. The maximum Gasteiger partial charge on any atom is 0.0435 e. The van der Waals surface area contributed by atoms with Gasteiger partial charge in [0, 0.05) is 18.3 Å². The Labute approximate surface area is 102 Å². The van der Waals surface area contributed by atoms with Crippen LogP contribution >= 0.6 is 0 Å². The number of rotatable bonds is 0. The van der Waals surface area contributed by atoms with E-state index in [4.69, 9.17) is 0 Å². The van der Waals surface area contributed by atoms with E-state index in [1.807, 2.05) is 7.05 Å². The summed E-state index contributed by atoms with van der Waals surface area (Å²) in [6, 6.07) is 13.1. The molecule has 0 heterocycles. The molecule has 0 spiro atoms. The van der Waals surface area contributed by atoms with Gasteiger partial charge in [-0.3, -0.25) is 4.99 Å². The van der Waals surface area contributed by atoms with E-state index in [2.05, 4.69) is 55.2 Å². The number of nitrogens with zero attached hydrogens (tertiary/aromatic N) is 1. The lowest BCUT2D eigenvalue weighted by molar-refractivity contribution is 0.568. The third-order valence-corrected chi connectivity index (χ3v) is 3.83. The van der Waals surface area contributed by atoms with E-state index in [0.29, 0.717) is 0 Å². The molecule has 0 amide bonds. The Balaban J connectivity index is 2.44. The highest BCUT2D eigenvalue weighted by atomic mass is 14.7. The molecule has 1 nitrogen and oxygen atoms in total. The third-order valence-electron chi connectivity index (χ3n) is 3.83. The molecule has 17 heavy (non-hydrogen) atoms. The molecule has 2 aromatic rings. The predicted molar refractivity (Wildman–Crippen MR) is 74.1 cm³/mol. The fourth-order valence-corrected chi connectivity index (χ4v) is 2.94. The largest absolute Gasteiger partial charge is 0.292 e. The zero-order valence-corrected chi connectivity index (χ0v) is 10.6. The molecule has 1 heteroatoms. The predicted octanol–water partition coefficient (Wildman–Crippen LogP) is 3.94. The summed E-state index contributed by atoms with van der Waals surface area (Å²) in [5.41, 5.74) is 4.28. The van der Waals surface area contributed by atoms with Crippen molar-refractivity contribution in [2.75, 3.05) is 7.05 Å². The Hall–Kier alpha value is -1.63. The van der Waals surface area contributed by atoms with Crippen molar-refractivity contribution in [2.45, 2.75) is 25.7 Å². The molecule has 0 saturated carbocycles. The fraction of sp³-hybridized carbons (Fsp3) is 0.312. The van der Waals surface area contributed by atoms with Gasteiger partial charge in [0.15, 0.2) is 0 Å². The van der Waals surface area contributed by atoms with Gasteiger partial charge in [-0.1, -0.05) is 50.2 Å². The average molecular weight is 223 g/mol. The molecule has 0 aliphatic heterocycles. The summed E-state index contributed by atoms with van der Waals surface area (Å²) in [5, 5.41) is 2.65. The van der Waals surface area contributed by atoms with Crippen LogP contribution in [0.2, 0.25) is 0 Å². The third kappa shape index (κ3) is 1.42. The molecular formula is C16H17N. The Morgan fingerprint density at radius 3 is 2.59 bits per heavy atom. The Bertz CT molecular complexity index is 620. The minimum Gasteiger partial charge on any atom is -0.292 e. The summed E-state index contributed by atoms with van der Waals surface area (Å²) >= 11 is 0. The number of fused-ring (bicyclic) bond motifs is 3. The smallest absolute Gasteiger partial charge is 0.0435 e. The maximum absolute atomic E-state index is 4.49. The van der Waals surface area contributed by atoms with Crippen LogP contribution in [0.1, 0.15) is 31.4 Å². The molecule has 0 aromatic heterocycles. The molecule has 2 aromatic carbocycles. The quantitative estimate of drug-likeness (QED) is 0.641. The lowest BCUT2D eigenvalue weighted by atomic mass is 9.86. The zero-order chi connectivity index (χ0) is 12.0. The standard InChI is InChI=1S/C16H17N/c1-16(2)10-14(17-3)15-12-7-5-4-6-11(12)8-9-13(15)16/h4-9H,10H2,1-3H3. The van der Waals surface area contributed by atoms with Crippen molar-refractivity contribution in [3.8, 4) is 0 Å². The highest BCUT2D eigenvalue weighted by molar-refractivity contribution is 6.15. The van der Waals surface area contributed by atoms with E-state index in [-0.39, 0.29) is 5.41 Å². The zero-order valence-electron chi connectivity index (χ0n) is 10.6. The average Bonchev–Trinajstić information content (AvgIpc) is 2.61. The van der Waals surface area contributed by atoms with Crippen LogP contribution in [0.25, 0.3) is 10.8 Å². The van der Waals surface area contributed by atoms with E-state index < -0.39 is 0 Å². The van der Waals surface area contributed by atoms with Crippen LogP contribution < -0.4 is 0 Å². The van der Waals surface area contributed by atoms with Crippen LogP contribution in [0, 0.1) is 0 Å². The van der Waals surface area contributed by atoms with Crippen molar-refractivity contribution >= 4 is 16.5 Å². The van der Waals surface area contributed by atoms with Gasteiger partial charge in [-0.2, -0.15) is 0 Å². The summed E-state index contributed by atoms with van der Waals surface area (Å²) in [5.74, 6) is 0. The lowest BCUT2D eigenvalue weighted by Crippen LogP contribution is -2.12. The fourth-order valence-electron chi connectivity index (χ4n) is 2.94. The van der Waals surface area contributed by atoms with Crippen LogP contribution in [0.5, 0.6) is 0 Å². The van der Waals surface area contributed by atoms with Crippen molar-refractivity contribution in [1.29, 1.82) is 0 Å². The van der Waals surface area contributed by atoms with Crippen molar-refractivity contribution in [2.24, 2.45) is 4.99 Å². The van der Waals surface area contributed by atoms with Crippen LogP contribution in [0.4, 0.5) is 0 Å². The van der Waals surface area contributed by atoms with Gasteiger partial charge in [0.1, 0.15) is 0 Å². The summed E-state index contributed by atoms with van der Waals surface area (Å²) < 4.78 is 0. The molecule has 1 aliphatic rings. The van der Waals surface area contributed by atoms with Crippen molar-refractivity contribution in [3.05, 3.63) is 47.5 Å². The SMILES string of the molecule is CN=C1CC(C)(C)c2ccc3ccccc3c21. The first-order chi connectivity index (χ1) is 8.13. The molecule has 1 aliphatic carbocycles. The Morgan fingerprint density at radius 1 is 1.06 bits per heavy atom. The highest BCUT2D eigenvalue weighted by Crippen LogP contribution is 2.41. The van der Waals surface area contributed by atoms with Gasteiger partial charge in [0.05, 0.1) is 0 Å². The Kier molecular flexibility index (Phi) is 2.12. The minimum absolute atomic E-state index is 0.216. The topological polar surface area (TPSA) is 12.4 Å². The molecule has 0 unspecified atom stereocenters. The molecular weight excluding hydrogens is 206 g/mol. The highest BCUT2D eigenvalue weighted by Gasteiger charge is 2.34. The number of benzene rings is 2. The molecule has 0 bridgehead atoms. The van der Waals surface area contributed by atoms with E-state index in [1.165, 1.54) is 27.6 Å². The van der Waals surface area contributed by atoms with Gasteiger partial charge < -0.3 is 0 Å². The lowest BCUT2D eigenvalue weighted by Gasteiger charge is -2.18. The number of hydrogen-bond acceptors (Lipinski definition) is 1. The summed E-state index contributed by atoms with van der Waals surface area (Å²) in [6.45, 7) is 4.61. The molecule has 0 saturated heterocycles. The van der Waals surface area contributed by atoms with Gasteiger partial charge in [-0.25, -0.2) is 0 Å². The van der Waals surface area contributed by atoms with E-state index >= 15 is 0 Å². The molecule has 0 fully saturated rings. The van der Waals surface area contributed by atoms with Gasteiger partial charge in [0.25, 0.3) is 0 Å². The van der Waals surface area contributed by atoms with Gasteiger partial charge in [-0.05, 0) is 28.2 Å². The van der Waals surface area contributed by atoms with Crippen LogP contribution in [-0.2, 0) is 5.41 Å². The van der Waals surface area contributed by atoms with Gasteiger partial charge in [-0.15, -0.1) is 0 Å². The summed E-state index contributed by atoms with van der Waals surface area (Å²) in [7, 11) is 1.91. The first kappa shape index (κ1) is 10.5. The van der Waals surface area contributed by atoms with Gasteiger partial charge >= 0.3 is 0 Å². The second-order valence-corrected chi connectivity index (χ2v) is 5.44. The second kappa shape index (κ2) is 3.43. The summed E-state index contributed by atoms with van der Waals surface area (Å²) in [6.07, 6.45) is 1.05. The van der Waals surface area contributed by atoms with Gasteiger partial charge in [0.2, 0.25) is 0 Å². The normalized spacial score (nSPS) is 19.8. The van der Waals surface area contributed by atoms with E-state index in [0.717, 1.165) is 6.42 Å². The van der Waals surface area contributed by atoms with Crippen molar-refractivity contribution in [1.82, 2.24) is 0 Å². The molecule has 0 atom stereocenters. The minimum atomic E-state index is 0.216. The molecule has 86 valence electrons. The van der Waals surface area contributed by atoms with Crippen molar-refractivity contribution in [3.63, 3.8) is 0 Å². The van der Waals surface area contributed by atoms with Crippen LogP contribution in [0.15, 0.2) is 41.4 Å². The van der Waals surface area contributed by atoms with E-state index in [9.17, 15) is 0 Å². The van der Waals surface area contributed by atoms with E-state index in [1.54, 1.807) is 0 Å². The van der Waals surface area contributed by atoms with Crippen LogP contribution in [0.3, 0.4) is 0 Å². The monoisotopic (exact) mass is 223 g/mol. The summed E-state index contributed by atoms with van der Waals surface area (Å²) in [4.78, 5) is 4.49. The molecule has 0 N–H and O–H groups in total. The molecule has 0 radical (unpaired) electrons. The van der Waals surface area contributed by atoms with Crippen molar-refractivity contribution < 1.29 is 0 Å². The first-order valence-corrected chi connectivity index (χ1v) is 6.12. The number of hydrogen-bond donors (Lipinski definition) is 0. The first-order valence-electron chi connectivity index (χ1n) is 6.12. The molecule has 3 rings (SSSR count). The van der Waals surface area contributed by atoms with Crippen LogP contribution in [-0.4, -0.2) is 12.8 Å².